The number of carbonyl (C=O) groups is 1. The molecule has 0 heterocycles. The molecule has 1 N–H and O–H groups in total. The summed E-state index contributed by atoms with van der Waals surface area (Å²) in [5.74, 6) is -0.999. The lowest BCUT2D eigenvalue weighted by molar-refractivity contribution is -0.117. The van der Waals surface area contributed by atoms with Gasteiger partial charge in [0.1, 0.15) is 11.9 Å². The lowest BCUT2D eigenvalue weighted by Gasteiger charge is -2.30. The van der Waals surface area contributed by atoms with Crippen LogP contribution in [0.25, 0.3) is 0 Å². The van der Waals surface area contributed by atoms with Gasteiger partial charge in [-0.2, -0.15) is 0 Å². The normalized spacial score (nSPS) is 12.5. The molecule has 0 aliphatic heterocycles. The van der Waals surface area contributed by atoms with Gasteiger partial charge in [0.15, 0.2) is 0 Å². The maximum Gasteiger partial charge on any atom is 0.248 e. The molecule has 0 bridgehead atoms. The first kappa shape index (κ1) is 17.9. The number of para-hydroxylation sites is 1. The molecule has 0 spiro atoms. The van der Waals surface area contributed by atoms with Crippen LogP contribution in [0.1, 0.15) is 13.3 Å². The van der Waals surface area contributed by atoms with Crippen LogP contribution in [0.4, 0.5) is 15.8 Å². The summed E-state index contributed by atoms with van der Waals surface area (Å²) in [6.45, 7) is 1.72. The van der Waals surface area contributed by atoms with Crippen molar-refractivity contribution in [3.63, 3.8) is 0 Å². The van der Waals surface area contributed by atoms with E-state index in [1.54, 1.807) is 43.3 Å². The Balaban J connectivity index is 2.34. The van der Waals surface area contributed by atoms with Crippen LogP contribution in [-0.2, 0) is 14.8 Å². The Morgan fingerprint density at radius 3 is 2.38 bits per heavy atom. The largest absolute Gasteiger partial charge is 0.324 e. The first-order valence-electron chi connectivity index (χ1n) is 7.44. The molecule has 1 atom stereocenters. The van der Waals surface area contributed by atoms with Crippen LogP contribution in [0.5, 0.6) is 0 Å². The highest BCUT2D eigenvalue weighted by Gasteiger charge is 2.31. The molecular formula is C17H19FN2O3S. The third-order valence-electron chi connectivity index (χ3n) is 3.43. The number of nitrogens with zero attached hydrogens (tertiary/aromatic N) is 1. The maximum absolute atomic E-state index is 13.3. The number of amides is 1. The summed E-state index contributed by atoms with van der Waals surface area (Å²) in [5, 5.41) is 2.57. The lowest BCUT2D eigenvalue weighted by Crippen LogP contribution is -2.46. The summed E-state index contributed by atoms with van der Waals surface area (Å²) < 4.78 is 38.8. The van der Waals surface area contributed by atoms with Gasteiger partial charge >= 0.3 is 0 Å². The minimum atomic E-state index is -3.68. The zero-order valence-electron chi connectivity index (χ0n) is 13.4. The molecule has 0 fully saturated rings. The minimum Gasteiger partial charge on any atom is -0.324 e. The van der Waals surface area contributed by atoms with E-state index in [4.69, 9.17) is 0 Å². The monoisotopic (exact) mass is 350 g/mol. The zero-order chi connectivity index (χ0) is 17.7. The van der Waals surface area contributed by atoms with Gasteiger partial charge in [0.25, 0.3) is 0 Å². The molecule has 5 nitrogen and oxygen atoms in total. The van der Waals surface area contributed by atoms with E-state index < -0.39 is 27.8 Å². The van der Waals surface area contributed by atoms with Crippen LogP contribution < -0.4 is 9.62 Å². The van der Waals surface area contributed by atoms with Crippen molar-refractivity contribution in [2.75, 3.05) is 15.9 Å². The van der Waals surface area contributed by atoms with Crippen LogP contribution in [-0.4, -0.2) is 26.6 Å². The fourth-order valence-corrected chi connectivity index (χ4v) is 3.64. The van der Waals surface area contributed by atoms with E-state index in [-0.39, 0.29) is 12.1 Å². The summed E-state index contributed by atoms with van der Waals surface area (Å²) in [6.07, 6.45) is 1.32. The summed E-state index contributed by atoms with van der Waals surface area (Å²) >= 11 is 0. The minimum absolute atomic E-state index is 0.267. The van der Waals surface area contributed by atoms with Crippen molar-refractivity contribution < 1.29 is 17.6 Å². The number of carbonyl (C=O) groups excluding carboxylic acids is 1. The molecule has 0 unspecified atom stereocenters. The predicted molar refractivity (Wildman–Crippen MR) is 92.9 cm³/mol. The highest BCUT2D eigenvalue weighted by Crippen LogP contribution is 2.23. The van der Waals surface area contributed by atoms with Crippen molar-refractivity contribution >= 4 is 27.3 Å². The Hall–Kier alpha value is -2.41. The summed E-state index contributed by atoms with van der Waals surface area (Å²) in [7, 11) is -3.68. The molecule has 24 heavy (non-hydrogen) atoms. The van der Waals surface area contributed by atoms with Crippen LogP contribution >= 0.6 is 0 Å². The van der Waals surface area contributed by atoms with E-state index in [9.17, 15) is 17.6 Å². The molecular weight excluding hydrogens is 331 g/mol. The Morgan fingerprint density at radius 1 is 1.17 bits per heavy atom. The molecule has 0 saturated carbocycles. The van der Waals surface area contributed by atoms with Gasteiger partial charge in [0.05, 0.1) is 11.9 Å². The standard InChI is InChI=1S/C17H19FN2O3S/c1-3-16(17(21)19-14-9-7-8-13(18)12-14)20(24(2,22)23)15-10-5-4-6-11-15/h4-12,16H,3H2,1-2H3,(H,19,21)/t16-/m1/s1. The second-order valence-electron chi connectivity index (χ2n) is 5.32. The number of sulfonamides is 1. The molecule has 1 amide bonds. The highest BCUT2D eigenvalue weighted by molar-refractivity contribution is 7.92. The first-order chi connectivity index (χ1) is 11.3. The first-order valence-corrected chi connectivity index (χ1v) is 9.28. The van der Waals surface area contributed by atoms with Crippen LogP contribution in [0.2, 0.25) is 0 Å². The smallest absolute Gasteiger partial charge is 0.248 e. The molecule has 0 saturated heterocycles. The Bertz CT molecular complexity index is 810. The van der Waals surface area contributed by atoms with Gasteiger partial charge in [-0.15, -0.1) is 0 Å². The predicted octanol–water partition coefficient (Wildman–Crippen LogP) is 3.01. The summed E-state index contributed by atoms with van der Waals surface area (Å²) in [4.78, 5) is 12.6. The SMILES string of the molecule is CC[C@H](C(=O)Nc1cccc(F)c1)N(c1ccccc1)S(C)(=O)=O. The second kappa shape index (κ2) is 7.44. The number of benzene rings is 2. The van der Waals surface area contributed by atoms with Crippen molar-refractivity contribution in [2.24, 2.45) is 0 Å². The van der Waals surface area contributed by atoms with Crippen LogP contribution in [0.3, 0.4) is 0 Å². The van der Waals surface area contributed by atoms with Gasteiger partial charge in [-0.3, -0.25) is 9.10 Å². The quantitative estimate of drug-likeness (QED) is 0.871. The number of hydrogen-bond acceptors (Lipinski definition) is 3. The molecule has 0 aliphatic rings. The fraction of sp³-hybridized carbons (Fsp3) is 0.235. The van der Waals surface area contributed by atoms with Gasteiger partial charge in [0.2, 0.25) is 15.9 Å². The van der Waals surface area contributed by atoms with E-state index in [1.807, 2.05) is 0 Å². The number of anilines is 2. The number of halogens is 1. The number of hydrogen-bond donors (Lipinski definition) is 1. The number of rotatable bonds is 6. The molecule has 0 aliphatic carbocycles. The molecule has 0 aromatic heterocycles. The van der Waals surface area contributed by atoms with Crippen molar-refractivity contribution in [3.8, 4) is 0 Å². The third kappa shape index (κ3) is 4.32. The van der Waals surface area contributed by atoms with Crippen LogP contribution in [0.15, 0.2) is 54.6 Å². The van der Waals surface area contributed by atoms with Crippen molar-refractivity contribution in [3.05, 3.63) is 60.4 Å². The molecule has 2 rings (SSSR count). The van der Waals surface area contributed by atoms with E-state index in [2.05, 4.69) is 5.32 Å². The Kier molecular flexibility index (Phi) is 5.56. The van der Waals surface area contributed by atoms with Gasteiger partial charge < -0.3 is 5.32 Å². The third-order valence-corrected chi connectivity index (χ3v) is 4.61. The topological polar surface area (TPSA) is 66.5 Å². The van der Waals surface area contributed by atoms with Crippen molar-refractivity contribution in [2.45, 2.75) is 19.4 Å². The maximum atomic E-state index is 13.3. The second-order valence-corrected chi connectivity index (χ2v) is 7.18. The van der Waals surface area contributed by atoms with E-state index in [0.717, 1.165) is 10.6 Å². The van der Waals surface area contributed by atoms with Gasteiger partial charge in [0, 0.05) is 5.69 Å². The van der Waals surface area contributed by atoms with E-state index >= 15 is 0 Å². The Morgan fingerprint density at radius 2 is 1.83 bits per heavy atom. The van der Waals surface area contributed by atoms with Gasteiger partial charge in [-0.1, -0.05) is 31.2 Å². The lowest BCUT2D eigenvalue weighted by atomic mass is 10.2. The number of nitrogens with one attached hydrogen (secondary N) is 1. The summed E-state index contributed by atoms with van der Waals surface area (Å²) in [5.41, 5.74) is 0.682. The summed E-state index contributed by atoms with van der Waals surface area (Å²) in [6, 6.07) is 12.9. The molecule has 2 aromatic rings. The molecule has 0 radical (unpaired) electrons. The zero-order valence-corrected chi connectivity index (χ0v) is 14.3. The molecule has 2 aromatic carbocycles. The Labute approximate surface area is 141 Å². The highest BCUT2D eigenvalue weighted by atomic mass is 32.2. The molecule has 128 valence electrons. The van der Waals surface area contributed by atoms with Crippen molar-refractivity contribution in [1.82, 2.24) is 0 Å². The average Bonchev–Trinajstić information content (AvgIpc) is 2.52. The van der Waals surface area contributed by atoms with Crippen LogP contribution in [0, 0.1) is 5.82 Å². The fourth-order valence-electron chi connectivity index (χ4n) is 2.43. The van der Waals surface area contributed by atoms with E-state index in [1.165, 1.54) is 18.2 Å². The van der Waals surface area contributed by atoms with Gasteiger partial charge in [-0.05, 0) is 36.8 Å². The average molecular weight is 350 g/mol. The van der Waals surface area contributed by atoms with Gasteiger partial charge in [-0.25, -0.2) is 12.8 Å². The van der Waals surface area contributed by atoms with Crippen molar-refractivity contribution in [1.29, 1.82) is 0 Å². The molecule has 7 heteroatoms. The van der Waals surface area contributed by atoms with E-state index in [0.29, 0.717) is 5.69 Å².